The van der Waals surface area contributed by atoms with Gasteiger partial charge in [-0.25, -0.2) is 0 Å². The van der Waals surface area contributed by atoms with Crippen molar-refractivity contribution in [3.05, 3.63) is 30.6 Å². The van der Waals surface area contributed by atoms with Crippen molar-refractivity contribution in [3.8, 4) is 0 Å². The first-order chi connectivity index (χ1) is 10.2. The molecule has 1 saturated heterocycles. The lowest BCUT2D eigenvalue weighted by molar-refractivity contribution is -0.125. The molecule has 2 heterocycles. The molecule has 1 aromatic heterocycles. The molecule has 0 saturated carbocycles. The number of hydrogen-bond acceptors (Lipinski definition) is 4. The van der Waals surface area contributed by atoms with Gasteiger partial charge in [0.1, 0.15) is 0 Å². The molecule has 5 heteroatoms. The first kappa shape index (κ1) is 13.9. The van der Waals surface area contributed by atoms with E-state index in [4.69, 9.17) is 0 Å². The molecule has 2 aromatic rings. The number of nitrogens with one attached hydrogen (secondary N) is 2. The summed E-state index contributed by atoms with van der Waals surface area (Å²) in [4.78, 5) is 21.2. The van der Waals surface area contributed by atoms with Gasteiger partial charge in [0, 0.05) is 24.6 Å². The molecule has 1 aromatic carbocycles. The number of carbonyl (C=O) groups excluding carboxylic acids is 1. The number of hydrogen-bond donors (Lipinski definition) is 2. The predicted octanol–water partition coefficient (Wildman–Crippen LogP) is 2.35. The highest BCUT2D eigenvalue weighted by Gasteiger charge is 2.40. The molecule has 1 aliphatic rings. The molecule has 1 amide bonds. The van der Waals surface area contributed by atoms with Gasteiger partial charge in [0.25, 0.3) is 0 Å². The normalized spacial score (nSPS) is 21.6. The van der Waals surface area contributed by atoms with Gasteiger partial charge in [0.2, 0.25) is 5.91 Å². The Hall–Kier alpha value is -2.01. The van der Waals surface area contributed by atoms with Crippen molar-refractivity contribution in [2.24, 2.45) is 5.41 Å². The van der Waals surface area contributed by atoms with Crippen LogP contribution in [0.25, 0.3) is 11.0 Å². The van der Waals surface area contributed by atoms with Crippen LogP contribution in [-0.4, -0.2) is 29.0 Å². The third-order valence-electron chi connectivity index (χ3n) is 4.18. The Morgan fingerprint density at radius 1 is 1.33 bits per heavy atom. The summed E-state index contributed by atoms with van der Waals surface area (Å²) in [5.74, 6) is 0.109. The van der Waals surface area contributed by atoms with E-state index in [1.165, 1.54) is 0 Å². The van der Waals surface area contributed by atoms with Crippen LogP contribution in [0.5, 0.6) is 0 Å². The minimum atomic E-state index is -0.272. The third-order valence-corrected chi connectivity index (χ3v) is 4.18. The summed E-state index contributed by atoms with van der Waals surface area (Å²) in [5.41, 5.74) is 2.15. The zero-order valence-corrected chi connectivity index (χ0v) is 12.2. The van der Waals surface area contributed by atoms with Crippen molar-refractivity contribution >= 4 is 22.6 Å². The molecule has 2 N–H and O–H groups in total. The van der Waals surface area contributed by atoms with Crippen molar-refractivity contribution in [1.29, 1.82) is 0 Å². The Morgan fingerprint density at radius 3 is 2.86 bits per heavy atom. The standard InChI is InChI=1S/C16H20N4O/c1-2-5-16(6-7-17-11-16)15(21)20-12-3-4-13-14(10-12)19-9-8-18-13/h3-4,8-10,17H,2,5-7,11H2,1H3,(H,20,21). The highest BCUT2D eigenvalue weighted by atomic mass is 16.2. The average molecular weight is 284 g/mol. The number of rotatable bonds is 4. The van der Waals surface area contributed by atoms with Gasteiger partial charge >= 0.3 is 0 Å². The summed E-state index contributed by atoms with van der Waals surface area (Å²) in [5, 5.41) is 6.37. The second kappa shape index (κ2) is 5.77. The molecular formula is C16H20N4O. The fourth-order valence-corrected chi connectivity index (χ4v) is 3.05. The topological polar surface area (TPSA) is 66.9 Å². The van der Waals surface area contributed by atoms with Gasteiger partial charge in [-0.3, -0.25) is 14.8 Å². The molecule has 3 rings (SSSR count). The maximum atomic E-state index is 12.7. The zero-order valence-electron chi connectivity index (χ0n) is 12.2. The fourth-order valence-electron chi connectivity index (χ4n) is 3.05. The Balaban J connectivity index is 1.82. The van der Waals surface area contributed by atoms with Crippen LogP contribution < -0.4 is 10.6 Å². The average Bonchev–Trinajstić information content (AvgIpc) is 2.97. The number of amides is 1. The van der Waals surface area contributed by atoms with E-state index in [1.54, 1.807) is 12.4 Å². The van der Waals surface area contributed by atoms with Crippen LogP contribution in [0.3, 0.4) is 0 Å². The molecule has 1 fully saturated rings. The number of aromatic nitrogens is 2. The van der Waals surface area contributed by atoms with Crippen molar-refractivity contribution in [1.82, 2.24) is 15.3 Å². The van der Waals surface area contributed by atoms with Crippen LogP contribution in [0.1, 0.15) is 26.2 Å². The number of anilines is 1. The summed E-state index contributed by atoms with van der Waals surface area (Å²) >= 11 is 0. The third kappa shape index (κ3) is 2.74. The Bertz CT molecular complexity index is 650. The maximum Gasteiger partial charge on any atom is 0.231 e. The van der Waals surface area contributed by atoms with E-state index >= 15 is 0 Å². The molecule has 110 valence electrons. The van der Waals surface area contributed by atoms with Gasteiger partial charge < -0.3 is 10.6 Å². The molecule has 1 unspecified atom stereocenters. The van der Waals surface area contributed by atoms with Gasteiger partial charge in [-0.15, -0.1) is 0 Å². The van der Waals surface area contributed by atoms with Crippen LogP contribution in [-0.2, 0) is 4.79 Å². The summed E-state index contributed by atoms with van der Waals surface area (Å²) in [6, 6.07) is 5.65. The van der Waals surface area contributed by atoms with E-state index in [2.05, 4.69) is 27.5 Å². The van der Waals surface area contributed by atoms with Gasteiger partial charge in [-0.2, -0.15) is 0 Å². The second-order valence-corrected chi connectivity index (χ2v) is 5.67. The molecule has 1 aliphatic heterocycles. The number of nitrogens with zero attached hydrogens (tertiary/aromatic N) is 2. The molecule has 1 atom stereocenters. The summed E-state index contributed by atoms with van der Waals surface area (Å²) in [6.07, 6.45) is 6.16. The van der Waals surface area contributed by atoms with Gasteiger partial charge in [0.15, 0.2) is 0 Å². The molecular weight excluding hydrogens is 264 g/mol. The fraction of sp³-hybridized carbons (Fsp3) is 0.438. The van der Waals surface area contributed by atoms with Crippen molar-refractivity contribution in [3.63, 3.8) is 0 Å². The predicted molar refractivity (Wildman–Crippen MR) is 83.0 cm³/mol. The van der Waals surface area contributed by atoms with E-state index in [-0.39, 0.29) is 11.3 Å². The van der Waals surface area contributed by atoms with Crippen molar-refractivity contribution in [2.45, 2.75) is 26.2 Å². The summed E-state index contributed by atoms with van der Waals surface area (Å²) < 4.78 is 0. The minimum Gasteiger partial charge on any atom is -0.325 e. The molecule has 0 aliphatic carbocycles. The monoisotopic (exact) mass is 284 g/mol. The SMILES string of the molecule is CCCC1(C(=O)Nc2ccc3nccnc3c2)CCNC1. The number of carbonyl (C=O) groups is 1. The lowest BCUT2D eigenvalue weighted by Crippen LogP contribution is -2.38. The first-order valence-corrected chi connectivity index (χ1v) is 7.46. The van der Waals surface area contributed by atoms with Gasteiger partial charge in [-0.05, 0) is 37.6 Å². The highest BCUT2D eigenvalue weighted by molar-refractivity contribution is 5.97. The van der Waals surface area contributed by atoms with E-state index in [1.807, 2.05) is 18.2 Å². The lowest BCUT2D eigenvalue weighted by atomic mass is 9.81. The van der Waals surface area contributed by atoms with Gasteiger partial charge in [0.05, 0.1) is 16.4 Å². The molecule has 5 nitrogen and oxygen atoms in total. The summed E-state index contributed by atoms with van der Waals surface area (Å²) in [6.45, 7) is 3.80. The van der Waals surface area contributed by atoms with Crippen LogP contribution >= 0.6 is 0 Å². The highest BCUT2D eigenvalue weighted by Crippen LogP contribution is 2.32. The van der Waals surface area contributed by atoms with Crippen LogP contribution in [0.2, 0.25) is 0 Å². The zero-order chi connectivity index (χ0) is 14.7. The van der Waals surface area contributed by atoms with Crippen LogP contribution in [0, 0.1) is 5.41 Å². The number of benzene rings is 1. The van der Waals surface area contributed by atoms with E-state index in [9.17, 15) is 4.79 Å². The Labute approximate surface area is 124 Å². The first-order valence-electron chi connectivity index (χ1n) is 7.46. The van der Waals surface area contributed by atoms with E-state index in [0.29, 0.717) is 0 Å². The smallest absolute Gasteiger partial charge is 0.231 e. The van der Waals surface area contributed by atoms with Crippen LogP contribution in [0.4, 0.5) is 5.69 Å². The van der Waals surface area contributed by atoms with E-state index < -0.39 is 0 Å². The van der Waals surface area contributed by atoms with Crippen molar-refractivity contribution < 1.29 is 4.79 Å². The Morgan fingerprint density at radius 2 is 2.14 bits per heavy atom. The minimum absolute atomic E-state index is 0.109. The molecule has 0 radical (unpaired) electrons. The van der Waals surface area contributed by atoms with Crippen molar-refractivity contribution in [2.75, 3.05) is 18.4 Å². The van der Waals surface area contributed by atoms with E-state index in [0.717, 1.165) is 49.1 Å². The van der Waals surface area contributed by atoms with Crippen LogP contribution in [0.15, 0.2) is 30.6 Å². The molecule has 21 heavy (non-hydrogen) atoms. The largest absolute Gasteiger partial charge is 0.325 e. The lowest BCUT2D eigenvalue weighted by Gasteiger charge is -2.26. The van der Waals surface area contributed by atoms with Gasteiger partial charge in [-0.1, -0.05) is 13.3 Å². The number of fused-ring (bicyclic) bond motifs is 1. The molecule has 0 spiro atoms. The molecule has 0 bridgehead atoms. The summed E-state index contributed by atoms with van der Waals surface area (Å²) in [7, 11) is 0. The Kier molecular flexibility index (Phi) is 3.84. The second-order valence-electron chi connectivity index (χ2n) is 5.67. The maximum absolute atomic E-state index is 12.7. The quantitative estimate of drug-likeness (QED) is 0.904.